The van der Waals surface area contributed by atoms with Crippen molar-refractivity contribution >= 4 is 0 Å². The van der Waals surface area contributed by atoms with Crippen LogP contribution in [0.5, 0.6) is 0 Å². The van der Waals surface area contributed by atoms with Crippen LogP contribution in [0.25, 0.3) is 0 Å². The topological polar surface area (TPSA) is 20.2 Å². The summed E-state index contributed by atoms with van der Waals surface area (Å²) in [6.45, 7) is 4.28. The average molecular weight is 216 g/mol. The van der Waals surface area contributed by atoms with E-state index in [1.807, 2.05) is 0 Å². The zero-order chi connectivity index (χ0) is 11.3. The molecular formula is C15H20O. The van der Waals surface area contributed by atoms with Gasteiger partial charge < -0.3 is 5.11 Å². The number of benzene rings is 1. The highest BCUT2D eigenvalue weighted by Crippen LogP contribution is 2.56. The highest BCUT2D eigenvalue weighted by Gasteiger charge is 2.51. The molecule has 2 saturated carbocycles. The normalized spacial score (nSPS) is 36.9. The standard InChI is InChI=1S/C15H20O/c1-10-4-3-5-14(11(10)2)15(16)9-12-6-7-13(15)8-12/h3-5,12-13,16H,6-9H2,1-2H3. The van der Waals surface area contributed by atoms with Crippen LogP contribution in [0.4, 0.5) is 0 Å². The number of aliphatic hydroxyl groups is 1. The van der Waals surface area contributed by atoms with Gasteiger partial charge in [0.15, 0.2) is 0 Å². The van der Waals surface area contributed by atoms with Crippen LogP contribution in [0.2, 0.25) is 0 Å². The van der Waals surface area contributed by atoms with Gasteiger partial charge in [-0.15, -0.1) is 0 Å². The second kappa shape index (κ2) is 3.33. The summed E-state index contributed by atoms with van der Waals surface area (Å²) in [6, 6.07) is 6.35. The Morgan fingerprint density at radius 1 is 1.25 bits per heavy atom. The first-order valence-electron chi connectivity index (χ1n) is 6.40. The van der Waals surface area contributed by atoms with Crippen molar-refractivity contribution in [1.29, 1.82) is 0 Å². The number of aryl methyl sites for hydroxylation is 1. The minimum absolute atomic E-state index is 0.512. The van der Waals surface area contributed by atoms with E-state index >= 15 is 0 Å². The number of hydrogen-bond donors (Lipinski definition) is 1. The molecule has 16 heavy (non-hydrogen) atoms. The molecule has 1 nitrogen and oxygen atoms in total. The Labute approximate surface area is 97.5 Å². The van der Waals surface area contributed by atoms with Gasteiger partial charge in [0, 0.05) is 0 Å². The Balaban J connectivity index is 2.06. The molecule has 0 spiro atoms. The third kappa shape index (κ3) is 1.27. The molecule has 0 saturated heterocycles. The van der Waals surface area contributed by atoms with Crippen molar-refractivity contribution in [2.45, 2.75) is 45.1 Å². The van der Waals surface area contributed by atoms with Gasteiger partial charge in [-0.05, 0) is 68.1 Å². The molecule has 3 rings (SSSR count). The Hall–Kier alpha value is -0.820. The second-order valence-electron chi connectivity index (χ2n) is 5.75. The van der Waals surface area contributed by atoms with Gasteiger partial charge in [0.25, 0.3) is 0 Å². The summed E-state index contributed by atoms with van der Waals surface area (Å²) in [6.07, 6.45) is 4.78. The first-order chi connectivity index (χ1) is 7.61. The quantitative estimate of drug-likeness (QED) is 0.763. The van der Waals surface area contributed by atoms with Crippen LogP contribution >= 0.6 is 0 Å². The van der Waals surface area contributed by atoms with E-state index < -0.39 is 5.60 Å². The molecule has 1 heteroatoms. The third-order valence-electron chi connectivity index (χ3n) is 4.89. The molecule has 0 radical (unpaired) electrons. The predicted molar refractivity (Wildman–Crippen MR) is 65.3 cm³/mol. The van der Waals surface area contributed by atoms with Gasteiger partial charge in [-0.3, -0.25) is 0 Å². The van der Waals surface area contributed by atoms with Crippen LogP contribution in [0.15, 0.2) is 18.2 Å². The van der Waals surface area contributed by atoms with Crippen LogP contribution < -0.4 is 0 Å². The molecule has 2 aliphatic carbocycles. The van der Waals surface area contributed by atoms with Crippen molar-refractivity contribution < 1.29 is 5.11 Å². The highest BCUT2D eigenvalue weighted by atomic mass is 16.3. The van der Waals surface area contributed by atoms with Crippen molar-refractivity contribution in [3.63, 3.8) is 0 Å². The Morgan fingerprint density at radius 3 is 2.69 bits per heavy atom. The average Bonchev–Trinajstić information content (AvgIpc) is 2.82. The predicted octanol–water partition coefficient (Wildman–Crippen LogP) is 3.31. The van der Waals surface area contributed by atoms with Gasteiger partial charge in [-0.2, -0.15) is 0 Å². The van der Waals surface area contributed by atoms with Gasteiger partial charge in [0.05, 0.1) is 5.60 Å². The molecule has 0 amide bonds. The Morgan fingerprint density at radius 2 is 2.06 bits per heavy atom. The monoisotopic (exact) mass is 216 g/mol. The number of hydrogen-bond acceptors (Lipinski definition) is 1. The summed E-state index contributed by atoms with van der Waals surface area (Å²) in [4.78, 5) is 0. The van der Waals surface area contributed by atoms with Crippen LogP contribution in [0.3, 0.4) is 0 Å². The van der Waals surface area contributed by atoms with Crippen molar-refractivity contribution in [1.82, 2.24) is 0 Å². The van der Waals surface area contributed by atoms with Crippen molar-refractivity contribution in [2.24, 2.45) is 11.8 Å². The zero-order valence-electron chi connectivity index (χ0n) is 10.2. The summed E-state index contributed by atoms with van der Waals surface area (Å²) >= 11 is 0. The van der Waals surface area contributed by atoms with E-state index in [1.54, 1.807) is 0 Å². The Bertz CT molecular complexity index is 423. The van der Waals surface area contributed by atoms with Crippen molar-refractivity contribution in [2.75, 3.05) is 0 Å². The molecule has 1 N–H and O–H groups in total. The number of fused-ring (bicyclic) bond motifs is 2. The highest BCUT2D eigenvalue weighted by molar-refractivity contribution is 5.38. The number of rotatable bonds is 1. The fourth-order valence-corrected chi connectivity index (χ4v) is 3.85. The lowest BCUT2D eigenvalue weighted by atomic mass is 9.77. The maximum absolute atomic E-state index is 11.0. The minimum atomic E-state index is -0.515. The SMILES string of the molecule is Cc1cccc(C2(O)CC3CCC2C3)c1C. The van der Waals surface area contributed by atoms with E-state index in [0.717, 1.165) is 12.3 Å². The zero-order valence-corrected chi connectivity index (χ0v) is 10.2. The molecule has 3 atom stereocenters. The molecule has 2 fully saturated rings. The molecule has 1 aromatic rings. The van der Waals surface area contributed by atoms with Crippen LogP contribution in [-0.4, -0.2) is 5.11 Å². The van der Waals surface area contributed by atoms with E-state index in [9.17, 15) is 5.11 Å². The minimum Gasteiger partial charge on any atom is -0.385 e. The first-order valence-corrected chi connectivity index (χ1v) is 6.40. The van der Waals surface area contributed by atoms with Crippen molar-refractivity contribution in [3.05, 3.63) is 34.9 Å². The molecular weight excluding hydrogens is 196 g/mol. The third-order valence-corrected chi connectivity index (χ3v) is 4.89. The molecule has 0 aromatic heterocycles. The van der Waals surface area contributed by atoms with E-state index in [-0.39, 0.29) is 0 Å². The summed E-state index contributed by atoms with van der Waals surface area (Å²) in [7, 11) is 0. The van der Waals surface area contributed by atoms with E-state index in [2.05, 4.69) is 32.0 Å². The van der Waals surface area contributed by atoms with Gasteiger partial charge in [0.1, 0.15) is 0 Å². The summed E-state index contributed by atoms with van der Waals surface area (Å²) in [5.74, 6) is 1.29. The van der Waals surface area contributed by atoms with E-state index in [0.29, 0.717) is 5.92 Å². The summed E-state index contributed by atoms with van der Waals surface area (Å²) in [5.41, 5.74) is 3.27. The molecule has 0 heterocycles. The van der Waals surface area contributed by atoms with Crippen molar-refractivity contribution in [3.8, 4) is 0 Å². The van der Waals surface area contributed by atoms with Crippen LogP contribution in [-0.2, 0) is 5.60 Å². The molecule has 3 unspecified atom stereocenters. The fourth-order valence-electron chi connectivity index (χ4n) is 3.85. The lowest BCUT2D eigenvalue weighted by molar-refractivity contribution is -0.0188. The molecule has 2 bridgehead atoms. The molecule has 1 aromatic carbocycles. The van der Waals surface area contributed by atoms with Gasteiger partial charge in [-0.1, -0.05) is 18.2 Å². The van der Waals surface area contributed by atoms with Gasteiger partial charge >= 0.3 is 0 Å². The maximum Gasteiger partial charge on any atom is 0.0929 e. The van der Waals surface area contributed by atoms with Crippen LogP contribution in [0.1, 0.15) is 42.4 Å². The second-order valence-corrected chi connectivity index (χ2v) is 5.75. The largest absolute Gasteiger partial charge is 0.385 e. The lowest BCUT2D eigenvalue weighted by Crippen LogP contribution is -2.33. The van der Waals surface area contributed by atoms with Gasteiger partial charge in [-0.25, -0.2) is 0 Å². The molecule has 86 valence electrons. The molecule has 0 aliphatic heterocycles. The Kier molecular flexibility index (Phi) is 2.16. The lowest BCUT2D eigenvalue weighted by Gasteiger charge is -2.34. The first kappa shape index (κ1) is 10.3. The maximum atomic E-state index is 11.0. The smallest absolute Gasteiger partial charge is 0.0929 e. The van der Waals surface area contributed by atoms with E-state index in [1.165, 1.54) is 36.0 Å². The summed E-state index contributed by atoms with van der Waals surface area (Å²) in [5, 5.41) is 11.0. The van der Waals surface area contributed by atoms with E-state index in [4.69, 9.17) is 0 Å². The fraction of sp³-hybridized carbons (Fsp3) is 0.600. The summed E-state index contributed by atoms with van der Waals surface area (Å²) < 4.78 is 0. The van der Waals surface area contributed by atoms with Crippen LogP contribution in [0, 0.1) is 25.7 Å². The van der Waals surface area contributed by atoms with Gasteiger partial charge in [0.2, 0.25) is 0 Å². The molecule has 2 aliphatic rings.